The first-order valence-corrected chi connectivity index (χ1v) is 11.9. The summed E-state index contributed by atoms with van der Waals surface area (Å²) in [5.74, 6) is -1.19. The van der Waals surface area contributed by atoms with Gasteiger partial charge in [-0.2, -0.15) is 5.10 Å². The van der Waals surface area contributed by atoms with Crippen molar-refractivity contribution in [2.24, 2.45) is 0 Å². The van der Waals surface area contributed by atoms with Gasteiger partial charge in [-0.05, 0) is 42.3 Å². The van der Waals surface area contributed by atoms with Gasteiger partial charge in [-0.25, -0.2) is 0 Å². The van der Waals surface area contributed by atoms with Crippen molar-refractivity contribution in [3.8, 4) is 0 Å². The molecule has 0 aliphatic carbocycles. The minimum Gasteiger partial charge on any atom is -0.347 e. The number of aromatic amines is 1. The van der Waals surface area contributed by atoms with E-state index in [1.807, 2.05) is 24.3 Å². The van der Waals surface area contributed by atoms with E-state index in [4.69, 9.17) is 23.2 Å². The highest BCUT2D eigenvalue weighted by molar-refractivity contribution is 6.40. The van der Waals surface area contributed by atoms with Gasteiger partial charge in [0, 0.05) is 31.4 Å². The molecule has 9 nitrogen and oxygen atoms in total. The Bertz CT molecular complexity index is 1290. The van der Waals surface area contributed by atoms with Gasteiger partial charge in [-0.3, -0.25) is 24.4 Å². The number of anilines is 2. The lowest BCUT2D eigenvalue weighted by atomic mass is 10.2. The molecule has 186 valence electrons. The van der Waals surface area contributed by atoms with Crippen molar-refractivity contribution in [2.75, 3.05) is 23.7 Å². The van der Waals surface area contributed by atoms with Crippen LogP contribution in [-0.2, 0) is 11.3 Å². The zero-order chi connectivity index (χ0) is 25.7. The number of rotatable bonds is 8. The lowest BCUT2D eigenvalue weighted by Gasteiger charge is -2.17. The largest absolute Gasteiger partial charge is 0.347 e. The molecule has 4 N–H and O–H groups in total. The summed E-state index contributed by atoms with van der Waals surface area (Å²) in [4.78, 5) is 39.4. The molecule has 1 saturated heterocycles. The van der Waals surface area contributed by atoms with Crippen molar-refractivity contribution in [2.45, 2.75) is 19.0 Å². The molecule has 1 aliphatic rings. The monoisotopic (exact) mass is 526 g/mol. The van der Waals surface area contributed by atoms with Crippen LogP contribution in [0.2, 0.25) is 10.0 Å². The molecule has 11 heteroatoms. The highest BCUT2D eigenvalue weighted by Gasteiger charge is 2.26. The maximum absolute atomic E-state index is 12.9. The number of H-pyrrole nitrogens is 1. The fourth-order valence-corrected chi connectivity index (χ4v) is 4.57. The molecule has 1 fully saturated rings. The molecule has 1 aromatic heterocycles. The van der Waals surface area contributed by atoms with Crippen molar-refractivity contribution in [1.82, 2.24) is 20.4 Å². The predicted molar refractivity (Wildman–Crippen MR) is 139 cm³/mol. The molecule has 3 amide bonds. The maximum atomic E-state index is 12.9. The number of aromatic nitrogens is 2. The van der Waals surface area contributed by atoms with Gasteiger partial charge in [0.05, 0.1) is 27.5 Å². The van der Waals surface area contributed by atoms with Crippen LogP contribution >= 0.6 is 23.2 Å². The van der Waals surface area contributed by atoms with E-state index in [1.54, 1.807) is 18.2 Å². The van der Waals surface area contributed by atoms with Crippen LogP contribution in [0.3, 0.4) is 0 Å². The number of halogens is 2. The van der Waals surface area contributed by atoms with E-state index in [-0.39, 0.29) is 44.8 Å². The standard InChI is InChI=1S/C25H24Cl2N6O3/c1-2-21(34)29-16-6-3-5-15(11-16)13-33-10-9-17(14-33)30-25(36)23-20(12-28-32-23)31-24(35)22-18(26)7-4-8-19(22)27/h2-8,11-12,17H,1,9-10,13-14H2,(H,28,32)(H,29,34)(H,30,36)(H,31,35). The first-order chi connectivity index (χ1) is 17.3. The maximum Gasteiger partial charge on any atom is 0.271 e. The molecule has 1 atom stereocenters. The minimum atomic E-state index is -0.542. The second-order valence-electron chi connectivity index (χ2n) is 8.30. The quantitative estimate of drug-likeness (QED) is 0.329. The van der Waals surface area contributed by atoms with Gasteiger partial charge in [0.15, 0.2) is 0 Å². The number of hydrogen-bond donors (Lipinski definition) is 4. The highest BCUT2D eigenvalue weighted by Crippen LogP contribution is 2.26. The number of nitrogens with zero attached hydrogens (tertiary/aromatic N) is 2. The average Bonchev–Trinajstić information content (AvgIpc) is 3.48. The summed E-state index contributed by atoms with van der Waals surface area (Å²) in [6.07, 6.45) is 3.35. The minimum absolute atomic E-state index is 0.0778. The lowest BCUT2D eigenvalue weighted by molar-refractivity contribution is -0.111. The van der Waals surface area contributed by atoms with Crippen LogP contribution in [-0.4, -0.2) is 52.0 Å². The van der Waals surface area contributed by atoms with E-state index in [0.717, 1.165) is 18.5 Å². The highest BCUT2D eigenvalue weighted by atomic mass is 35.5. The summed E-state index contributed by atoms with van der Waals surface area (Å²) >= 11 is 12.2. The van der Waals surface area contributed by atoms with Crippen molar-refractivity contribution in [1.29, 1.82) is 0 Å². The van der Waals surface area contributed by atoms with Crippen molar-refractivity contribution in [3.63, 3.8) is 0 Å². The van der Waals surface area contributed by atoms with Gasteiger partial charge in [-0.1, -0.05) is 48.0 Å². The van der Waals surface area contributed by atoms with Crippen LogP contribution in [0.1, 0.15) is 32.8 Å². The summed E-state index contributed by atoms with van der Waals surface area (Å²) in [6, 6.07) is 12.3. The van der Waals surface area contributed by atoms with E-state index in [0.29, 0.717) is 18.8 Å². The molecule has 2 heterocycles. The third-order valence-electron chi connectivity index (χ3n) is 5.70. The molecule has 0 radical (unpaired) electrons. The van der Waals surface area contributed by atoms with Crippen molar-refractivity contribution in [3.05, 3.63) is 88.2 Å². The van der Waals surface area contributed by atoms with Crippen LogP contribution in [0.15, 0.2) is 61.3 Å². The van der Waals surface area contributed by atoms with Crippen LogP contribution in [0.25, 0.3) is 0 Å². The first kappa shape index (κ1) is 25.4. The van der Waals surface area contributed by atoms with E-state index in [2.05, 4.69) is 37.6 Å². The summed E-state index contributed by atoms with van der Waals surface area (Å²) in [5, 5.41) is 15.4. The summed E-state index contributed by atoms with van der Waals surface area (Å²) in [7, 11) is 0. The number of hydrogen-bond acceptors (Lipinski definition) is 5. The van der Waals surface area contributed by atoms with Gasteiger partial charge in [-0.15, -0.1) is 0 Å². The Labute approximate surface area is 217 Å². The fourth-order valence-electron chi connectivity index (χ4n) is 4.00. The van der Waals surface area contributed by atoms with Gasteiger partial charge >= 0.3 is 0 Å². The molecule has 2 aromatic carbocycles. The van der Waals surface area contributed by atoms with E-state index < -0.39 is 5.91 Å². The molecular weight excluding hydrogens is 503 g/mol. The molecular formula is C25H24Cl2N6O3. The Kier molecular flexibility index (Phi) is 8.04. The topological polar surface area (TPSA) is 119 Å². The number of nitrogens with one attached hydrogen (secondary N) is 4. The third kappa shape index (κ3) is 6.12. The van der Waals surface area contributed by atoms with E-state index >= 15 is 0 Å². The predicted octanol–water partition coefficient (Wildman–Crippen LogP) is 4.10. The second kappa shape index (κ2) is 11.4. The molecule has 4 rings (SSSR count). The molecule has 0 bridgehead atoms. The smallest absolute Gasteiger partial charge is 0.271 e. The summed E-state index contributed by atoms with van der Waals surface area (Å²) in [6.45, 7) is 5.59. The number of carbonyl (C=O) groups is 3. The molecule has 1 aliphatic heterocycles. The Morgan fingerprint density at radius 3 is 2.61 bits per heavy atom. The van der Waals surface area contributed by atoms with Crippen LogP contribution in [0.4, 0.5) is 11.4 Å². The number of benzene rings is 2. The summed E-state index contributed by atoms with van der Waals surface area (Å²) in [5.41, 5.74) is 2.22. The van der Waals surface area contributed by atoms with Gasteiger partial charge in [0.1, 0.15) is 5.69 Å². The normalized spacial score (nSPS) is 15.3. The second-order valence-corrected chi connectivity index (χ2v) is 9.11. The van der Waals surface area contributed by atoms with E-state index in [1.165, 1.54) is 12.3 Å². The van der Waals surface area contributed by atoms with Gasteiger partial charge < -0.3 is 16.0 Å². The zero-order valence-electron chi connectivity index (χ0n) is 19.2. The third-order valence-corrected chi connectivity index (χ3v) is 6.33. The van der Waals surface area contributed by atoms with Gasteiger partial charge in [0.2, 0.25) is 5.91 Å². The number of amides is 3. The van der Waals surface area contributed by atoms with Gasteiger partial charge in [0.25, 0.3) is 11.8 Å². The molecule has 0 saturated carbocycles. The number of carbonyl (C=O) groups excluding carboxylic acids is 3. The Hall–Kier alpha value is -3.66. The molecule has 1 unspecified atom stereocenters. The van der Waals surface area contributed by atoms with Crippen LogP contribution in [0.5, 0.6) is 0 Å². The Morgan fingerprint density at radius 1 is 1.11 bits per heavy atom. The lowest BCUT2D eigenvalue weighted by Crippen LogP contribution is -2.37. The van der Waals surface area contributed by atoms with Crippen LogP contribution < -0.4 is 16.0 Å². The average molecular weight is 527 g/mol. The van der Waals surface area contributed by atoms with Crippen molar-refractivity contribution < 1.29 is 14.4 Å². The van der Waals surface area contributed by atoms with E-state index in [9.17, 15) is 14.4 Å². The molecule has 36 heavy (non-hydrogen) atoms. The fraction of sp³-hybridized carbons (Fsp3) is 0.200. The Morgan fingerprint density at radius 2 is 1.86 bits per heavy atom. The number of likely N-dealkylation sites (tertiary alicyclic amines) is 1. The SMILES string of the molecule is C=CC(=O)Nc1cccc(CN2CCC(NC(=O)c3[nH]ncc3NC(=O)c3c(Cl)cccc3Cl)C2)c1. The van der Waals surface area contributed by atoms with Crippen LogP contribution in [0, 0.1) is 0 Å². The first-order valence-electron chi connectivity index (χ1n) is 11.2. The Balaban J connectivity index is 1.34. The zero-order valence-corrected chi connectivity index (χ0v) is 20.7. The van der Waals surface area contributed by atoms with Crippen molar-refractivity contribution >= 4 is 52.3 Å². The molecule has 3 aromatic rings. The summed E-state index contributed by atoms with van der Waals surface area (Å²) < 4.78 is 0. The molecule has 0 spiro atoms.